The van der Waals surface area contributed by atoms with Crippen LogP contribution in [0.2, 0.25) is 0 Å². The highest BCUT2D eigenvalue weighted by atomic mass is 16.6. The number of alkyl carbamates (subject to hydrolysis) is 1. The lowest BCUT2D eigenvalue weighted by Gasteiger charge is -2.32. The van der Waals surface area contributed by atoms with Crippen LogP contribution in [0.25, 0.3) is 0 Å². The number of aliphatic carboxylic acids is 1. The minimum Gasteiger partial charge on any atom is -0.548 e. The van der Waals surface area contributed by atoms with Gasteiger partial charge in [-0.3, -0.25) is 0 Å². The summed E-state index contributed by atoms with van der Waals surface area (Å²) in [4.78, 5) is 22.5. The average Bonchev–Trinajstić information content (AvgIpc) is 2.59. The molecule has 0 radical (unpaired) electrons. The molecule has 104 valence electrons. The zero-order chi connectivity index (χ0) is 13.9. The van der Waals surface area contributed by atoms with E-state index in [1.807, 2.05) is 0 Å². The summed E-state index contributed by atoms with van der Waals surface area (Å²) in [6.45, 7) is 5.04. The van der Waals surface area contributed by atoms with E-state index in [1.165, 1.54) is 0 Å². The van der Waals surface area contributed by atoms with Crippen LogP contribution >= 0.6 is 0 Å². The van der Waals surface area contributed by atoms with Gasteiger partial charge >= 0.3 is 6.09 Å². The van der Waals surface area contributed by atoms with Gasteiger partial charge in [0.15, 0.2) is 0 Å². The topological polar surface area (TPSA) is 98.7 Å². The van der Waals surface area contributed by atoms with E-state index in [9.17, 15) is 19.8 Å². The van der Waals surface area contributed by atoms with Gasteiger partial charge in [-0.15, -0.1) is 0 Å². The van der Waals surface area contributed by atoms with Crippen molar-refractivity contribution >= 4 is 12.1 Å². The normalized spacial score (nSPS) is 25.6. The lowest BCUT2D eigenvalue weighted by atomic mass is 9.87. The number of nitrogens with one attached hydrogen (secondary N) is 1. The zero-order valence-corrected chi connectivity index (χ0v) is 10.9. The first-order valence-electron chi connectivity index (χ1n) is 6.08. The zero-order valence-electron chi connectivity index (χ0n) is 10.9. The molecular weight excluding hydrogens is 238 g/mol. The van der Waals surface area contributed by atoms with Crippen molar-refractivity contribution in [1.29, 1.82) is 0 Å². The van der Waals surface area contributed by atoms with Crippen molar-refractivity contribution in [3.63, 3.8) is 0 Å². The largest absolute Gasteiger partial charge is 0.548 e. The Bertz CT molecular complexity index is 323. The van der Waals surface area contributed by atoms with Gasteiger partial charge in [0, 0.05) is 0 Å². The van der Waals surface area contributed by atoms with Crippen LogP contribution in [-0.2, 0) is 9.53 Å². The van der Waals surface area contributed by atoms with Crippen LogP contribution in [-0.4, -0.2) is 35.4 Å². The molecule has 1 fully saturated rings. The number of hydrogen-bond acceptors (Lipinski definition) is 5. The summed E-state index contributed by atoms with van der Waals surface area (Å²) in [5.41, 5.74) is -0.674. The van der Waals surface area contributed by atoms with Crippen molar-refractivity contribution in [2.75, 3.05) is 0 Å². The fourth-order valence-electron chi connectivity index (χ4n) is 1.96. The maximum absolute atomic E-state index is 11.6. The highest BCUT2D eigenvalue weighted by molar-refractivity contribution is 5.79. The number of ether oxygens (including phenoxy) is 1. The fourth-order valence-corrected chi connectivity index (χ4v) is 1.96. The quantitative estimate of drug-likeness (QED) is 0.730. The SMILES string of the molecule is CC(C)(C)[C@H](NC(=O)O[C@@H]1CCC[C@H]1O)C(=O)[O-]. The predicted molar refractivity (Wildman–Crippen MR) is 61.5 cm³/mol. The molecule has 6 nitrogen and oxygen atoms in total. The molecule has 0 aromatic carbocycles. The molecule has 1 rings (SSSR count). The van der Waals surface area contributed by atoms with Crippen LogP contribution in [0.5, 0.6) is 0 Å². The lowest BCUT2D eigenvalue weighted by molar-refractivity contribution is -0.310. The van der Waals surface area contributed by atoms with Crippen molar-refractivity contribution in [3.05, 3.63) is 0 Å². The first-order valence-corrected chi connectivity index (χ1v) is 6.08. The third-order valence-corrected chi connectivity index (χ3v) is 3.04. The second-order valence-corrected chi connectivity index (χ2v) is 5.70. The van der Waals surface area contributed by atoms with Gasteiger partial charge < -0.3 is 25.1 Å². The monoisotopic (exact) mass is 258 g/mol. The van der Waals surface area contributed by atoms with Crippen LogP contribution in [0.4, 0.5) is 4.79 Å². The Balaban J connectivity index is 2.54. The lowest BCUT2D eigenvalue weighted by Crippen LogP contribution is -2.55. The van der Waals surface area contributed by atoms with E-state index in [0.29, 0.717) is 12.8 Å². The van der Waals surface area contributed by atoms with Crippen LogP contribution in [0.3, 0.4) is 0 Å². The van der Waals surface area contributed by atoms with Gasteiger partial charge in [0.05, 0.1) is 18.1 Å². The maximum atomic E-state index is 11.6. The van der Waals surface area contributed by atoms with E-state index in [-0.39, 0.29) is 0 Å². The second-order valence-electron chi connectivity index (χ2n) is 5.70. The first kappa shape index (κ1) is 14.8. The molecule has 0 unspecified atom stereocenters. The van der Waals surface area contributed by atoms with Crippen LogP contribution < -0.4 is 10.4 Å². The Morgan fingerprint density at radius 1 is 1.39 bits per heavy atom. The molecule has 0 aromatic rings. The van der Waals surface area contributed by atoms with Gasteiger partial charge in [-0.05, 0) is 24.7 Å². The van der Waals surface area contributed by atoms with Gasteiger partial charge in [0.1, 0.15) is 6.10 Å². The number of amides is 1. The number of carbonyl (C=O) groups is 2. The molecule has 6 heteroatoms. The molecule has 1 aliphatic rings. The maximum Gasteiger partial charge on any atom is 0.408 e. The van der Waals surface area contributed by atoms with Crippen LogP contribution in [0, 0.1) is 5.41 Å². The number of hydrogen-bond donors (Lipinski definition) is 2. The molecule has 3 atom stereocenters. The highest BCUT2D eigenvalue weighted by Crippen LogP contribution is 2.23. The van der Waals surface area contributed by atoms with Crippen molar-refractivity contribution in [2.45, 2.75) is 58.3 Å². The third kappa shape index (κ3) is 3.87. The van der Waals surface area contributed by atoms with Crippen LogP contribution in [0.1, 0.15) is 40.0 Å². The summed E-state index contributed by atoms with van der Waals surface area (Å²) in [6, 6.07) is -1.14. The minimum atomic E-state index is -1.36. The Kier molecular flexibility index (Phi) is 4.56. The van der Waals surface area contributed by atoms with E-state index in [4.69, 9.17) is 4.74 Å². The molecule has 0 spiro atoms. The smallest absolute Gasteiger partial charge is 0.408 e. The molecule has 18 heavy (non-hydrogen) atoms. The molecule has 0 aliphatic heterocycles. The molecule has 0 aromatic heterocycles. The Hall–Kier alpha value is -1.30. The van der Waals surface area contributed by atoms with E-state index >= 15 is 0 Å². The summed E-state index contributed by atoms with van der Waals surface area (Å²) < 4.78 is 5.01. The van der Waals surface area contributed by atoms with Gasteiger partial charge in [-0.1, -0.05) is 20.8 Å². The number of rotatable bonds is 3. The third-order valence-electron chi connectivity index (χ3n) is 3.04. The fraction of sp³-hybridized carbons (Fsp3) is 0.833. The summed E-state index contributed by atoms with van der Waals surface area (Å²) >= 11 is 0. The van der Waals surface area contributed by atoms with Crippen molar-refractivity contribution in [1.82, 2.24) is 5.32 Å². The van der Waals surface area contributed by atoms with Gasteiger partial charge in [0.25, 0.3) is 0 Å². The Morgan fingerprint density at radius 2 is 2.00 bits per heavy atom. The number of carbonyl (C=O) groups excluding carboxylic acids is 2. The Morgan fingerprint density at radius 3 is 2.39 bits per heavy atom. The highest BCUT2D eigenvalue weighted by Gasteiger charge is 2.32. The van der Waals surface area contributed by atoms with Crippen LogP contribution in [0.15, 0.2) is 0 Å². The van der Waals surface area contributed by atoms with E-state index in [1.54, 1.807) is 20.8 Å². The molecule has 1 amide bonds. The van der Waals surface area contributed by atoms with E-state index < -0.39 is 35.7 Å². The predicted octanol–water partition coefficient (Wildman–Crippen LogP) is -0.209. The summed E-state index contributed by atoms with van der Waals surface area (Å²) in [7, 11) is 0. The summed E-state index contributed by atoms with van der Waals surface area (Å²) in [5, 5.41) is 22.7. The van der Waals surface area contributed by atoms with Crippen molar-refractivity contribution < 1.29 is 24.5 Å². The molecule has 1 aliphatic carbocycles. The summed E-state index contributed by atoms with van der Waals surface area (Å²) in [6.07, 6.45) is -0.0481. The Labute approximate surface area is 106 Å². The standard InChI is InChI=1S/C12H21NO5/c1-12(2,3)9(10(15)16)13-11(17)18-8-6-4-5-7(8)14/h7-9,14H,4-6H2,1-3H3,(H,13,17)(H,15,16)/p-1/t7-,8-,9-/m1/s1. The summed E-state index contributed by atoms with van der Waals surface area (Å²) in [5.74, 6) is -1.36. The molecule has 0 saturated heterocycles. The molecule has 0 heterocycles. The average molecular weight is 258 g/mol. The molecular formula is C12H20NO5-. The van der Waals surface area contributed by atoms with E-state index in [2.05, 4.69) is 5.32 Å². The molecule has 2 N–H and O–H groups in total. The number of carboxylic acids is 1. The second kappa shape index (κ2) is 5.56. The van der Waals surface area contributed by atoms with Crippen molar-refractivity contribution in [2.24, 2.45) is 5.41 Å². The molecule has 1 saturated carbocycles. The van der Waals surface area contributed by atoms with E-state index in [0.717, 1.165) is 6.42 Å². The van der Waals surface area contributed by atoms with Gasteiger partial charge in [-0.2, -0.15) is 0 Å². The number of aliphatic hydroxyl groups excluding tert-OH is 1. The minimum absolute atomic E-state index is 0.549. The number of carboxylic acid groups (broad SMARTS) is 1. The number of aliphatic hydroxyl groups is 1. The van der Waals surface area contributed by atoms with Crippen molar-refractivity contribution in [3.8, 4) is 0 Å². The molecule has 0 bridgehead atoms. The van der Waals surface area contributed by atoms with Gasteiger partial charge in [0.2, 0.25) is 0 Å². The first-order chi connectivity index (χ1) is 8.21. The van der Waals surface area contributed by atoms with Gasteiger partial charge in [-0.25, -0.2) is 4.79 Å².